The number of nitrogens with zero attached hydrogens (tertiary/aromatic N) is 2. The first-order valence-corrected chi connectivity index (χ1v) is 5.94. The Morgan fingerprint density at radius 2 is 2.05 bits per heavy atom. The third-order valence-corrected chi connectivity index (χ3v) is 2.67. The Hall–Kier alpha value is -1.98. The summed E-state index contributed by atoms with van der Waals surface area (Å²) >= 11 is 0. The van der Waals surface area contributed by atoms with Gasteiger partial charge in [-0.2, -0.15) is 0 Å². The van der Waals surface area contributed by atoms with E-state index in [4.69, 9.17) is 0 Å². The Bertz CT molecular complexity index is 515. The lowest BCUT2D eigenvalue weighted by Gasteiger charge is -2.19. The van der Waals surface area contributed by atoms with E-state index in [0.717, 1.165) is 12.1 Å². The molecule has 0 spiro atoms. The first-order valence-electron chi connectivity index (χ1n) is 5.94. The van der Waals surface area contributed by atoms with Crippen LogP contribution in [0.3, 0.4) is 0 Å². The number of nitro groups is 1. The molecule has 1 aromatic carbocycles. The van der Waals surface area contributed by atoms with Crippen molar-refractivity contribution in [1.82, 2.24) is 4.90 Å². The highest BCUT2D eigenvalue weighted by Gasteiger charge is 2.22. The van der Waals surface area contributed by atoms with Gasteiger partial charge in [0.05, 0.1) is 10.5 Å². The molecule has 0 aliphatic rings. The number of aryl methyl sites for hydroxylation is 1. The van der Waals surface area contributed by atoms with Gasteiger partial charge in [0.25, 0.3) is 11.6 Å². The quantitative estimate of drug-likeness (QED) is 0.623. The molecule has 0 fully saturated rings. The van der Waals surface area contributed by atoms with Crippen molar-refractivity contribution in [2.45, 2.75) is 20.8 Å². The first-order chi connectivity index (χ1) is 8.73. The molecule has 0 heterocycles. The van der Waals surface area contributed by atoms with Crippen molar-refractivity contribution in [3.05, 3.63) is 39.2 Å². The normalized spacial score (nSPS) is 10.6. The number of hydrogen-bond acceptors (Lipinski definition) is 3. The second-order valence-electron chi connectivity index (χ2n) is 4.96. The van der Waals surface area contributed by atoms with Gasteiger partial charge in [-0.3, -0.25) is 14.9 Å². The molecular weight excluding hydrogens is 251 g/mol. The van der Waals surface area contributed by atoms with Gasteiger partial charge < -0.3 is 4.90 Å². The summed E-state index contributed by atoms with van der Waals surface area (Å²) in [5.74, 6) is -1.01. The average Bonchev–Trinajstić information content (AvgIpc) is 2.30. The molecule has 1 amide bonds. The fourth-order valence-corrected chi connectivity index (χ4v) is 1.85. The third-order valence-electron chi connectivity index (χ3n) is 2.67. The largest absolute Gasteiger partial charge is 0.341 e. The molecule has 0 bridgehead atoms. The van der Waals surface area contributed by atoms with E-state index in [-0.39, 0.29) is 22.7 Å². The van der Waals surface area contributed by atoms with E-state index in [1.54, 1.807) is 7.05 Å². The van der Waals surface area contributed by atoms with Gasteiger partial charge in [0.1, 0.15) is 5.82 Å². The van der Waals surface area contributed by atoms with Crippen LogP contribution in [0.25, 0.3) is 0 Å². The average molecular weight is 268 g/mol. The second-order valence-corrected chi connectivity index (χ2v) is 4.96. The van der Waals surface area contributed by atoms with Gasteiger partial charge in [-0.05, 0) is 18.4 Å². The molecule has 0 saturated heterocycles. The predicted molar refractivity (Wildman–Crippen MR) is 69.6 cm³/mol. The van der Waals surface area contributed by atoms with E-state index in [0.29, 0.717) is 6.54 Å². The minimum Gasteiger partial charge on any atom is -0.341 e. The molecule has 0 aliphatic heterocycles. The van der Waals surface area contributed by atoms with Gasteiger partial charge in [-0.1, -0.05) is 13.8 Å². The molecule has 0 aromatic heterocycles. The molecule has 0 N–H and O–H groups in total. The van der Waals surface area contributed by atoms with Crippen molar-refractivity contribution in [2.24, 2.45) is 5.92 Å². The zero-order valence-corrected chi connectivity index (χ0v) is 11.4. The maximum atomic E-state index is 13.9. The van der Waals surface area contributed by atoms with E-state index < -0.39 is 16.6 Å². The van der Waals surface area contributed by atoms with Gasteiger partial charge in [-0.15, -0.1) is 0 Å². The van der Waals surface area contributed by atoms with Crippen molar-refractivity contribution in [1.29, 1.82) is 0 Å². The predicted octanol–water partition coefficient (Wildman–Crippen LogP) is 2.77. The number of hydrogen-bond donors (Lipinski definition) is 0. The number of halogens is 1. The van der Waals surface area contributed by atoms with Gasteiger partial charge in [-0.25, -0.2) is 4.39 Å². The molecule has 0 atom stereocenters. The van der Waals surface area contributed by atoms with E-state index in [1.807, 2.05) is 13.8 Å². The van der Waals surface area contributed by atoms with Crippen LogP contribution in [0.1, 0.15) is 29.8 Å². The standard InChI is InChI=1S/C13H17FN2O3/c1-8(2)7-15(4)13(17)11-6-10(16(18)19)5-9(3)12(11)14/h5-6,8H,7H2,1-4H3. The summed E-state index contributed by atoms with van der Waals surface area (Å²) in [6.07, 6.45) is 0. The maximum Gasteiger partial charge on any atom is 0.270 e. The van der Waals surface area contributed by atoms with Crippen molar-refractivity contribution in [2.75, 3.05) is 13.6 Å². The van der Waals surface area contributed by atoms with Crippen LogP contribution in [0.4, 0.5) is 10.1 Å². The lowest BCUT2D eigenvalue weighted by atomic mass is 10.1. The molecule has 5 nitrogen and oxygen atoms in total. The van der Waals surface area contributed by atoms with Gasteiger partial charge in [0.15, 0.2) is 0 Å². The summed E-state index contributed by atoms with van der Waals surface area (Å²) in [5, 5.41) is 10.7. The molecule has 0 radical (unpaired) electrons. The van der Waals surface area contributed by atoms with Gasteiger partial charge >= 0.3 is 0 Å². The molecule has 1 aromatic rings. The second kappa shape index (κ2) is 5.77. The van der Waals surface area contributed by atoms with E-state index in [2.05, 4.69) is 0 Å². The van der Waals surface area contributed by atoms with E-state index >= 15 is 0 Å². The molecule has 0 unspecified atom stereocenters. The molecule has 19 heavy (non-hydrogen) atoms. The van der Waals surface area contributed by atoms with Crippen molar-refractivity contribution in [3.63, 3.8) is 0 Å². The highest BCUT2D eigenvalue weighted by molar-refractivity contribution is 5.95. The minimum atomic E-state index is -0.703. The zero-order valence-electron chi connectivity index (χ0n) is 11.4. The molecule has 1 rings (SSSR count). The van der Waals surface area contributed by atoms with Crippen molar-refractivity contribution < 1.29 is 14.1 Å². The van der Waals surface area contributed by atoms with Gasteiger partial charge in [0, 0.05) is 25.7 Å². The number of amides is 1. The highest BCUT2D eigenvalue weighted by atomic mass is 19.1. The summed E-state index contributed by atoms with van der Waals surface area (Å²) < 4.78 is 13.9. The number of non-ortho nitro benzene ring substituents is 1. The monoisotopic (exact) mass is 268 g/mol. The number of carbonyl (C=O) groups excluding carboxylic acids is 1. The zero-order chi connectivity index (χ0) is 14.7. The van der Waals surface area contributed by atoms with Crippen molar-refractivity contribution in [3.8, 4) is 0 Å². The molecule has 104 valence electrons. The molecular formula is C13H17FN2O3. The lowest BCUT2D eigenvalue weighted by Crippen LogP contribution is -2.31. The minimum absolute atomic E-state index is 0.0931. The summed E-state index contributed by atoms with van der Waals surface area (Å²) in [5.41, 5.74) is -0.439. The van der Waals surface area contributed by atoms with E-state index in [1.165, 1.54) is 11.8 Å². The lowest BCUT2D eigenvalue weighted by molar-refractivity contribution is -0.385. The van der Waals surface area contributed by atoms with Crippen LogP contribution in [-0.2, 0) is 0 Å². The molecule has 6 heteroatoms. The first kappa shape index (κ1) is 15.1. The summed E-state index contributed by atoms with van der Waals surface area (Å²) in [6, 6.07) is 2.11. The fraction of sp³-hybridized carbons (Fsp3) is 0.462. The molecule has 0 aliphatic carbocycles. The van der Waals surface area contributed by atoms with Crippen molar-refractivity contribution >= 4 is 11.6 Å². The maximum absolute atomic E-state index is 13.9. The van der Waals surface area contributed by atoms with Crippen LogP contribution in [0, 0.1) is 28.8 Å². The Balaban J connectivity index is 3.18. The summed E-state index contributed by atoms with van der Waals surface area (Å²) in [7, 11) is 1.55. The van der Waals surface area contributed by atoms with Crippen LogP contribution >= 0.6 is 0 Å². The van der Waals surface area contributed by atoms with Crippen LogP contribution in [0.5, 0.6) is 0 Å². The number of carbonyl (C=O) groups is 1. The van der Waals surface area contributed by atoms with Crippen LogP contribution in [0.2, 0.25) is 0 Å². The Morgan fingerprint density at radius 1 is 1.47 bits per heavy atom. The summed E-state index contributed by atoms with van der Waals surface area (Å²) in [4.78, 5) is 23.6. The number of benzene rings is 1. The van der Waals surface area contributed by atoms with Gasteiger partial charge in [0.2, 0.25) is 0 Å². The Morgan fingerprint density at radius 3 is 2.53 bits per heavy atom. The van der Waals surface area contributed by atoms with E-state index in [9.17, 15) is 19.3 Å². The topological polar surface area (TPSA) is 63.5 Å². The molecule has 0 saturated carbocycles. The Labute approximate surface area is 111 Å². The third kappa shape index (κ3) is 3.49. The van der Waals surface area contributed by atoms with Crippen LogP contribution in [-0.4, -0.2) is 29.3 Å². The fourth-order valence-electron chi connectivity index (χ4n) is 1.85. The highest BCUT2D eigenvalue weighted by Crippen LogP contribution is 2.22. The smallest absolute Gasteiger partial charge is 0.270 e. The SMILES string of the molecule is Cc1cc([N+](=O)[O-])cc(C(=O)N(C)CC(C)C)c1F. The van der Waals surface area contributed by atoms with Crippen LogP contribution in [0.15, 0.2) is 12.1 Å². The van der Waals surface area contributed by atoms with Crippen LogP contribution < -0.4 is 0 Å². The summed E-state index contributed by atoms with van der Waals surface area (Å²) in [6.45, 7) is 5.72. The Kier molecular flexibility index (Phi) is 4.58. The number of rotatable bonds is 4. The number of nitro benzene ring substituents is 1.